The Balaban J connectivity index is 2.20. The number of hydrogen-bond acceptors (Lipinski definition) is 1. The molecule has 2 aromatic rings. The molecule has 0 aliphatic heterocycles. The molecule has 0 aliphatic carbocycles. The number of halogens is 1. The molecule has 0 aromatic heterocycles. The van der Waals surface area contributed by atoms with E-state index < -0.39 is 0 Å². The highest BCUT2D eigenvalue weighted by Gasteiger charge is 2.10. The van der Waals surface area contributed by atoms with Crippen LogP contribution in [0.1, 0.15) is 24.1 Å². The van der Waals surface area contributed by atoms with Crippen LogP contribution in [0.25, 0.3) is 0 Å². The summed E-state index contributed by atoms with van der Waals surface area (Å²) in [6.45, 7) is 4.00. The van der Waals surface area contributed by atoms with E-state index in [9.17, 15) is 4.39 Å². The van der Waals surface area contributed by atoms with Crippen molar-refractivity contribution in [3.05, 3.63) is 65.5 Å². The highest BCUT2D eigenvalue weighted by molar-refractivity contribution is 5.51. The molecule has 88 valence electrons. The minimum atomic E-state index is -0.166. The van der Waals surface area contributed by atoms with Gasteiger partial charge in [0.05, 0.1) is 6.04 Å². The fraction of sp³-hybridized carbons (Fsp3) is 0.200. The lowest BCUT2D eigenvalue weighted by Gasteiger charge is -2.17. The molecule has 2 rings (SSSR count). The summed E-state index contributed by atoms with van der Waals surface area (Å²) in [4.78, 5) is 0. The molecule has 0 fully saturated rings. The maximum atomic E-state index is 13.6. The lowest BCUT2D eigenvalue weighted by atomic mass is 10.1. The zero-order valence-corrected chi connectivity index (χ0v) is 10.1. The van der Waals surface area contributed by atoms with Gasteiger partial charge >= 0.3 is 0 Å². The molecule has 1 unspecified atom stereocenters. The highest BCUT2D eigenvalue weighted by atomic mass is 19.1. The Morgan fingerprint density at radius 1 is 1.00 bits per heavy atom. The van der Waals surface area contributed by atoms with Crippen molar-refractivity contribution >= 4 is 5.69 Å². The Labute approximate surface area is 101 Å². The SMILES string of the molecule is Cc1ccccc1NC(C)c1ccccc1F. The first-order valence-corrected chi connectivity index (χ1v) is 5.75. The second kappa shape index (κ2) is 5.00. The van der Waals surface area contributed by atoms with Crippen LogP contribution in [-0.4, -0.2) is 0 Å². The third-order valence-electron chi connectivity index (χ3n) is 2.89. The van der Waals surface area contributed by atoms with Gasteiger partial charge in [0.25, 0.3) is 0 Å². The van der Waals surface area contributed by atoms with Crippen molar-refractivity contribution in [3.8, 4) is 0 Å². The summed E-state index contributed by atoms with van der Waals surface area (Å²) >= 11 is 0. The monoisotopic (exact) mass is 229 g/mol. The smallest absolute Gasteiger partial charge is 0.128 e. The van der Waals surface area contributed by atoms with Crippen LogP contribution in [-0.2, 0) is 0 Å². The molecule has 0 aliphatic rings. The number of hydrogen-bond donors (Lipinski definition) is 1. The summed E-state index contributed by atoms with van der Waals surface area (Å²) < 4.78 is 13.6. The fourth-order valence-electron chi connectivity index (χ4n) is 1.87. The maximum absolute atomic E-state index is 13.6. The third-order valence-corrected chi connectivity index (χ3v) is 2.89. The molecule has 1 atom stereocenters. The van der Waals surface area contributed by atoms with Crippen LogP contribution in [0.5, 0.6) is 0 Å². The summed E-state index contributed by atoms with van der Waals surface area (Å²) in [7, 11) is 0. The maximum Gasteiger partial charge on any atom is 0.128 e. The van der Waals surface area contributed by atoms with Crippen molar-refractivity contribution in [1.82, 2.24) is 0 Å². The lowest BCUT2D eigenvalue weighted by Crippen LogP contribution is -2.09. The predicted octanol–water partition coefficient (Wildman–Crippen LogP) is 4.31. The van der Waals surface area contributed by atoms with E-state index in [2.05, 4.69) is 5.32 Å². The topological polar surface area (TPSA) is 12.0 Å². The molecule has 2 heteroatoms. The second-order valence-corrected chi connectivity index (χ2v) is 4.20. The van der Waals surface area contributed by atoms with Gasteiger partial charge in [-0.3, -0.25) is 0 Å². The summed E-state index contributed by atoms with van der Waals surface area (Å²) in [5.41, 5.74) is 2.90. The van der Waals surface area contributed by atoms with Crippen LogP contribution in [0.4, 0.5) is 10.1 Å². The zero-order valence-electron chi connectivity index (χ0n) is 10.1. The van der Waals surface area contributed by atoms with Crippen molar-refractivity contribution in [1.29, 1.82) is 0 Å². The average Bonchev–Trinajstić information content (AvgIpc) is 2.32. The van der Waals surface area contributed by atoms with Gasteiger partial charge in [-0.1, -0.05) is 36.4 Å². The zero-order chi connectivity index (χ0) is 12.3. The van der Waals surface area contributed by atoms with Gasteiger partial charge in [-0.25, -0.2) is 4.39 Å². The number of benzene rings is 2. The molecular weight excluding hydrogens is 213 g/mol. The largest absolute Gasteiger partial charge is 0.378 e. The number of anilines is 1. The summed E-state index contributed by atoms with van der Waals surface area (Å²) in [6.07, 6.45) is 0. The molecule has 0 bridgehead atoms. The van der Waals surface area contributed by atoms with Crippen LogP contribution >= 0.6 is 0 Å². The van der Waals surface area contributed by atoms with Crippen LogP contribution < -0.4 is 5.32 Å². The predicted molar refractivity (Wildman–Crippen MR) is 69.6 cm³/mol. The van der Waals surface area contributed by atoms with Gasteiger partial charge in [0.15, 0.2) is 0 Å². The van der Waals surface area contributed by atoms with E-state index >= 15 is 0 Å². The number of rotatable bonds is 3. The van der Waals surface area contributed by atoms with Gasteiger partial charge in [0.2, 0.25) is 0 Å². The molecule has 1 N–H and O–H groups in total. The van der Waals surface area contributed by atoms with E-state index in [0.717, 1.165) is 11.3 Å². The Hall–Kier alpha value is -1.83. The standard InChI is InChI=1S/C15H16FN/c1-11-7-3-6-10-15(11)17-12(2)13-8-4-5-9-14(13)16/h3-10,12,17H,1-2H3. The molecule has 17 heavy (non-hydrogen) atoms. The van der Waals surface area contributed by atoms with Crippen molar-refractivity contribution in [2.75, 3.05) is 5.32 Å². The molecule has 0 saturated carbocycles. The molecule has 0 spiro atoms. The molecule has 0 heterocycles. The Kier molecular flexibility index (Phi) is 3.43. The van der Waals surface area contributed by atoms with Crippen LogP contribution in [0, 0.1) is 12.7 Å². The molecule has 2 aromatic carbocycles. The van der Waals surface area contributed by atoms with Gasteiger partial charge < -0.3 is 5.32 Å². The van der Waals surface area contributed by atoms with E-state index in [1.165, 1.54) is 6.07 Å². The number of aryl methyl sites for hydroxylation is 1. The van der Waals surface area contributed by atoms with Crippen molar-refractivity contribution in [3.63, 3.8) is 0 Å². The van der Waals surface area contributed by atoms with E-state index in [-0.39, 0.29) is 11.9 Å². The molecular formula is C15H16FN. The van der Waals surface area contributed by atoms with Gasteiger partial charge in [0.1, 0.15) is 5.82 Å². The first kappa shape index (κ1) is 11.6. The average molecular weight is 229 g/mol. The first-order chi connectivity index (χ1) is 8.18. The summed E-state index contributed by atoms with van der Waals surface area (Å²) in [6, 6.07) is 14.8. The van der Waals surface area contributed by atoms with Crippen LogP contribution in [0.15, 0.2) is 48.5 Å². The Morgan fingerprint density at radius 3 is 2.35 bits per heavy atom. The van der Waals surface area contributed by atoms with Gasteiger partial charge in [-0.2, -0.15) is 0 Å². The lowest BCUT2D eigenvalue weighted by molar-refractivity contribution is 0.600. The molecule has 1 nitrogen and oxygen atoms in total. The normalized spacial score (nSPS) is 12.2. The van der Waals surface area contributed by atoms with Gasteiger partial charge in [-0.15, -0.1) is 0 Å². The summed E-state index contributed by atoms with van der Waals surface area (Å²) in [5.74, 6) is -0.166. The minimum absolute atomic E-state index is 0.0442. The van der Waals surface area contributed by atoms with Crippen molar-refractivity contribution in [2.24, 2.45) is 0 Å². The van der Waals surface area contributed by atoms with Crippen molar-refractivity contribution < 1.29 is 4.39 Å². The van der Waals surface area contributed by atoms with E-state index in [0.29, 0.717) is 5.56 Å². The van der Waals surface area contributed by atoms with Crippen LogP contribution in [0.2, 0.25) is 0 Å². The molecule has 0 radical (unpaired) electrons. The first-order valence-electron chi connectivity index (χ1n) is 5.75. The minimum Gasteiger partial charge on any atom is -0.378 e. The van der Waals surface area contributed by atoms with E-state index in [1.54, 1.807) is 6.07 Å². The van der Waals surface area contributed by atoms with E-state index in [1.807, 2.05) is 50.2 Å². The van der Waals surface area contributed by atoms with Gasteiger partial charge in [-0.05, 0) is 31.5 Å². The van der Waals surface area contributed by atoms with Crippen LogP contribution in [0.3, 0.4) is 0 Å². The quantitative estimate of drug-likeness (QED) is 0.827. The molecule has 0 amide bonds. The highest BCUT2D eigenvalue weighted by Crippen LogP contribution is 2.23. The van der Waals surface area contributed by atoms with Gasteiger partial charge in [0, 0.05) is 11.3 Å². The number of nitrogens with one attached hydrogen (secondary N) is 1. The Bertz CT molecular complexity index is 508. The second-order valence-electron chi connectivity index (χ2n) is 4.20. The van der Waals surface area contributed by atoms with Crippen molar-refractivity contribution in [2.45, 2.75) is 19.9 Å². The van der Waals surface area contributed by atoms with E-state index in [4.69, 9.17) is 0 Å². The molecule has 0 saturated heterocycles. The Morgan fingerprint density at radius 2 is 1.65 bits per heavy atom. The fourth-order valence-corrected chi connectivity index (χ4v) is 1.87. The third kappa shape index (κ3) is 2.64. The summed E-state index contributed by atoms with van der Waals surface area (Å²) in [5, 5.41) is 3.33. The number of para-hydroxylation sites is 1.